The van der Waals surface area contributed by atoms with E-state index in [0.29, 0.717) is 44.6 Å². The lowest BCUT2D eigenvalue weighted by atomic mass is 9.80. The Morgan fingerprint density at radius 2 is 1.90 bits per heavy atom. The van der Waals surface area contributed by atoms with E-state index in [1.54, 1.807) is 6.92 Å². The molecule has 0 aromatic carbocycles. The molecule has 0 aromatic heterocycles. The SMILES string of the molecule is CCOC(=O)C1CCC(O)(CS(=O)(=O)CCC(C)C)CC1. The molecule has 0 bridgehead atoms. The summed E-state index contributed by atoms with van der Waals surface area (Å²) in [6.45, 7) is 6.07. The highest BCUT2D eigenvalue weighted by atomic mass is 32.2. The molecule has 0 saturated heterocycles. The molecular formula is C15H28O5S. The summed E-state index contributed by atoms with van der Waals surface area (Å²) in [7, 11) is -3.25. The zero-order valence-electron chi connectivity index (χ0n) is 13.3. The average molecular weight is 320 g/mol. The normalized spacial score (nSPS) is 26.8. The summed E-state index contributed by atoms with van der Waals surface area (Å²) in [6, 6.07) is 0. The molecule has 6 heteroatoms. The lowest BCUT2D eigenvalue weighted by Crippen LogP contribution is -2.42. The molecule has 1 N–H and O–H groups in total. The highest BCUT2D eigenvalue weighted by molar-refractivity contribution is 7.91. The molecule has 124 valence electrons. The van der Waals surface area contributed by atoms with Crippen molar-refractivity contribution in [3.63, 3.8) is 0 Å². The van der Waals surface area contributed by atoms with Crippen LogP contribution in [0.25, 0.3) is 0 Å². The van der Waals surface area contributed by atoms with Gasteiger partial charge in [0, 0.05) is 0 Å². The van der Waals surface area contributed by atoms with Crippen LogP contribution in [-0.2, 0) is 19.4 Å². The molecule has 1 fully saturated rings. The smallest absolute Gasteiger partial charge is 0.308 e. The van der Waals surface area contributed by atoms with Crippen molar-refractivity contribution in [1.82, 2.24) is 0 Å². The van der Waals surface area contributed by atoms with Gasteiger partial charge in [0.25, 0.3) is 0 Å². The van der Waals surface area contributed by atoms with Gasteiger partial charge in [0.15, 0.2) is 9.84 Å². The predicted molar refractivity (Wildman–Crippen MR) is 81.6 cm³/mol. The number of aliphatic hydroxyl groups is 1. The fourth-order valence-electron chi connectivity index (χ4n) is 2.69. The van der Waals surface area contributed by atoms with Gasteiger partial charge in [0.05, 0.1) is 29.6 Å². The standard InChI is InChI=1S/C15H28O5S/c1-4-20-14(16)13-5-8-15(17,9-6-13)11-21(18,19)10-7-12(2)3/h12-13,17H,4-11H2,1-3H3. The van der Waals surface area contributed by atoms with Crippen LogP contribution in [0, 0.1) is 11.8 Å². The van der Waals surface area contributed by atoms with Crippen LogP contribution in [0.5, 0.6) is 0 Å². The van der Waals surface area contributed by atoms with Gasteiger partial charge in [0.1, 0.15) is 0 Å². The van der Waals surface area contributed by atoms with Gasteiger partial charge < -0.3 is 9.84 Å². The zero-order valence-corrected chi connectivity index (χ0v) is 14.1. The minimum atomic E-state index is -3.25. The summed E-state index contributed by atoms with van der Waals surface area (Å²) in [5, 5.41) is 10.5. The van der Waals surface area contributed by atoms with Crippen molar-refractivity contribution in [1.29, 1.82) is 0 Å². The fraction of sp³-hybridized carbons (Fsp3) is 0.933. The van der Waals surface area contributed by atoms with E-state index in [0.717, 1.165) is 0 Å². The first-order valence-corrected chi connectivity index (χ1v) is 9.59. The first-order valence-electron chi connectivity index (χ1n) is 7.77. The summed E-state index contributed by atoms with van der Waals surface area (Å²) in [5.74, 6) is -0.184. The molecule has 1 aliphatic rings. The molecule has 21 heavy (non-hydrogen) atoms. The van der Waals surface area contributed by atoms with Crippen molar-refractivity contribution in [3.05, 3.63) is 0 Å². The average Bonchev–Trinajstić information content (AvgIpc) is 2.36. The monoisotopic (exact) mass is 320 g/mol. The molecule has 0 aliphatic heterocycles. The Bertz CT molecular complexity index is 433. The van der Waals surface area contributed by atoms with E-state index in [4.69, 9.17) is 4.74 Å². The minimum Gasteiger partial charge on any atom is -0.466 e. The summed E-state index contributed by atoms with van der Waals surface area (Å²) in [4.78, 5) is 11.6. The van der Waals surface area contributed by atoms with Gasteiger partial charge >= 0.3 is 5.97 Å². The van der Waals surface area contributed by atoms with Crippen LogP contribution in [-0.4, -0.2) is 43.2 Å². The molecule has 0 unspecified atom stereocenters. The molecule has 1 saturated carbocycles. The second kappa shape index (κ2) is 7.58. The van der Waals surface area contributed by atoms with Crippen molar-refractivity contribution < 1.29 is 23.1 Å². The molecule has 0 radical (unpaired) electrons. The molecule has 0 heterocycles. The molecule has 0 spiro atoms. The Kier molecular flexibility index (Phi) is 6.66. The first kappa shape index (κ1) is 18.4. The van der Waals surface area contributed by atoms with Gasteiger partial charge in [-0.15, -0.1) is 0 Å². The van der Waals surface area contributed by atoms with Crippen molar-refractivity contribution >= 4 is 15.8 Å². The van der Waals surface area contributed by atoms with Crippen LogP contribution in [0.1, 0.15) is 52.9 Å². The van der Waals surface area contributed by atoms with Gasteiger partial charge in [-0.25, -0.2) is 8.42 Å². The summed E-state index contributed by atoms with van der Waals surface area (Å²) >= 11 is 0. The van der Waals surface area contributed by atoms with Crippen molar-refractivity contribution in [2.24, 2.45) is 11.8 Å². The Labute approximate surface area is 128 Å². The van der Waals surface area contributed by atoms with Crippen molar-refractivity contribution in [2.45, 2.75) is 58.5 Å². The van der Waals surface area contributed by atoms with Gasteiger partial charge in [-0.1, -0.05) is 13.8 Å². The van der Waals surface area contributed by atoms with Crippen molar-refractivity contribution in [3.8, 4) is 0 Å². The highest BCUT2D eigenvalue weighted by Gasteiger charge is 2.39. The third kappa shape index (κ3) is 6.34. The second-order valence-corrected chi connectivity index (χ2v) is 8.71. The number of ether oxygens (including phenoxy) is 1. The van der Waals surface area contributed by atoms with Gasteiger partial charge in [-0.05, 0) is 44.9 Å². The van der Waals surface area contributed by atoms with Crippen LogP contribution < -0.4 is 0 Å². The molecule has 1 rings (SSSR count). The Morgan fingerprint density at radius 1 is 1.33 bits per heavy atom. The third-order valence-corrected chi connectivity index (χ3v) is 5.87. The number of hydrogen-bond donors (Lipinski definition) is 1. The maximum absolute atomic E-state index is 12.1. The first-order chi connectivity index (χ1) is 9.67. The number of carbonyl (C=O) groups excluding carboxylic acids is 1. The number of rotatable bonds is 7. The topological polar surface area (TPSA) is 80.7 Å². The van der Waals surface area contributed by atoms with E-state index in [9.17, 15) is 18.3 Å². The predicted octanol–water partition coefficient (Wildman–Crippen LogP) is 1.93. The zero-order chi connectivity index (χ0) is 16.1. The summed E-state index contributed by atoms with van der Waals surface area (Å²) < 4.78 is 29.1. The van der Waals surface area contributed by atoms with E-state index >= 15 is 0 Å². The molecule has 0 amide bonds. The van der Waals surface area contributed by atoms with E-state index in [-0.39, 0.29) is 23.4 Å². The van der Waals surface area contributed by atoms with E-state index in [1.165, 1.54) is 0 Å². The van der Waals surface area contributed by atoms with Gasteiger partial charge in [-0.2, -0.15) is 0 Å². The molecule has 5 nitrogen and oxygen atoms in total. The maximum Gasteiger partial charge on any atom is 0.308 e. The minimum absolute atomic E-state index is 0.119. The Hall–Kier alpha value is -0.620. The lowest BCUT2D eigenvalue weighted by Gasteiger charge is -2.34. The maximum atomic E-state index is 12.1. The van der Waals surface area contributed by atoms with Crippen LogP contribution in [0.4, 0.5) is 0 Å². The summed E-state index contributed by atoms with van der Waals surface area (Å²) in [6.07, 6.45) is 2.29. The highest BCUT2D eigenvalue weighted by Crippen LogP contribution is 2.34. The van der Waals surface area contributed by atoms with E-state index < -0.39 is 15.4 Å². The quantitative estimate of drug-likeness (QED) is 0.725. The van der Waals surface area contributed by atoms with Crippen LogP contribution in [0.2, 0.25) is 0 Å². The Morgan fingerprint density at radius 3 is 2.38 bits per heavy atom. The lowest BCUT2D eigenvalue weighted by molar-refractivity contribution is -0.150. The number of esters is 1. The molecule has 0 atom stereocenters. The van der Waals surface area contributed by atoms with E-state index in [1.807, 2.05) is 13.8 Å². The Balaban J connectivity index is 2.52. The van der Waals surface area contributed by atoms with Gasteiger partial charge in [-0.3, -0.25) is 4.79 Å². The van der Waals surface area contributed by atoms with Crippen LogP contribution in [0.15, 0.2) is 0 Å². The fourth-order valence-corrected chi connectivity index (χ4v) is 4.77. The van der Waals surface area contributed by atoms with Crippen molar-refractivity contribution in [2.75, 3.05) is 18.1 Å². The summed E-state index contributed by atoms with van der Waals surface area (Å²) in [5.41, 5.74) is -1.18. The third-order valence-electron chi connectivity index (χ3n) is 4.03. The number of carbonyl (C=O) groups is 1. The molecular weight excluding hydrogens is 292 g/mol. The van der Waals surface area contributed by atoms with Gasteiger partial charge in [0.2, 0.25) is 0 Å². The van der Waals surface area contributed by atoms with Crippen LogP contribution in [0.3, 0.4) is 0 Å². The van der Waals surface area contributed by atoms with E-state index in [2.05, 4.69) is 0 Å². The number of sulfone groups is 1. The molecule has 1 aliphatic carbocycles. The molecule has 0 aromatic rings. The second-order valence-electron chi connectivity index (χ2n) is 6.53. The number of hydrogen-bond acceptors (Lipinski definition) is 5. The largest absolute Gasteiger partial charge is 0.466 e. The van der Waals surface area contributed by atoms with Crippen LogP contribution >= 0.6 is 0 Å².